The van der Waals surface area contributed by atoms with Gasteiger partial charge in [-0.15, -0.1) is 0 Å². The topological polar surface area (TPSA) is 64.3 Å². The van der Waals surface area contributed by atoms with Gasteiger partial charge in [-0.05, 0) is 37.1 Å². The average Bonchev–Trinajstić information content (AvgIpc) is 2.29. The highest BCUT2D eigenvalue weighted by Gasteiger charge is 1.98. The molecule has 0 saturated carbocycles. The van der Waals surface area contributed by atoms with Crippen LogP contribution in [0.3, 0.4) is 0 Å². The molecule has 0 atom stereocenters. The molecule has 88 valence electrons. The second-order valence-electron chi connectivity index (χ2n) is 3.57. The molecule has 3 N–H and O–H groups in total. The molecule has 0 radical (unpaired) electrons. The van der Waals surface area contributed by atoms with Gasteiger partial charge in [-0.25, -0.2) is 0 Å². The lowest BCUT2D eigenvalue weighted by Crippen LogP contribution is -2.10. The number of nitrogens with two attached hydrogens (primary N) is 1. The lowest BCUT2D eigenvalue weighted by atomic mass is 10.2. The van der Waals surface area contributed by atoms with E-state index in [0.717, 1.165) is 31.7 Å². The predicted octanol–water partition coefficient (Wildman–Crippen LogP) is 1.62. The van der Waals surface area contributed by atoms with Gasteiger partial charge in [-0.2, -0.15) is 0 Å². The Kier molecular flexibility index (Phi) is 5.36. The van der Waals surface area contributed by atoms with Gasteiger partial charge in [0.2, 0.25) is 5.91 Å². The van der Waals surface area contributed by atoms with E-state index < -0.39 is 5.91 Å². The molecule has 0 unspecified atom stereocenters. The van der Waals surface area contributed by atoms with Crippen molar-refractivity contribution in [3.05, 3.63) is 29.8 Å². The molecule has 1 aromatic carbocycles. The van der Waals surface area contributed by atoms with Crippen molar-refractivity contribution in [2.75, 3.05) is 25.6 Å². The van der Waals surface area contributed by atoms with Crippen LogP contribution in [0, 0.1) is 0 Å². The maximum Gasteiger partial charge on any atom is 0.248 e. The number of rotatable bonds is 7. The summed E-state index contributed by atoms with van der Waals surface area (Å²) >= 11 is 0. The Morgan fingerprint density at radius 1 is 1.31 bits per heavy atom. The van der Waals surface area contributed by atoms with Crippen LogP contribution in [-0.2, 0) is 4.74 Å². The molecule has 4 heteroatoms. The Balaban J connectivity index is 2.29. The fourth-order valence-electron chi connectivity index (χ4n) is 1.36. The molecule has 0 aliphatic rings. The minimum Gasteiger partial charge on any atom is -0.385 e. The maximum atomic E-state index is 10.8. The molecule has 0 aliphatic heterocycles. The van der Waals surface area contributed by atoms with Crippen molar-refractivity contribution < 1.29 is 9.53 Å². The van der Waals surface area contributed by atoms with Gasteiger partial charge in [-0.1, -0.05) is 0 Å². The Hall–Kier alpha value is -1.55. The van der Waals surface area contributed by atoms with E-state index in [1.54, 1.807) is 19.2 Å². The summed E-state index contributed by atoms with van der Waals surface area (Å²) in [5.41, 5.74) is 6.68. The lowest BCUT2D eigenvalue weighted by Gasteiger charge is -2.06. The van der Waals surface area contributed by atoms with Gasteiger partial charge in [0.1, 0.15) is 0 Å². The summed E-state index contributed by atoms with van der Waals surface area (Å²) < 4.78 is 4.96. The van der Waals surface area contributed by atoms with E-state index in [9.17, 15) is 4.79 Å². The first kappa shape index (κ1) is 12.5. The van der Waals surface area contributed by atoms with Gasteiger partial charge in [0.05, 0.1) is 0 Å². The number of unbranched alkanes of at least 4 members (excludes halogenated alkanes) is 1. The van der Waals surface area contributed by atoms with Crippen LogP contribution in [0.5, 0.6) is 0 Å². The number of primary amides is 1. The zero-order valence-corrected chi connectivity index (χ0v) is 9.53. The molecule has 1 rings (SSSR count). The van der Waals surface area contributed by atoms with Crippen LogP contribution in [0.25, 0.3) is 0 Å². The number of nitrogens with one attached hydrogen (secondary N) is 1. The number of anilines is 1. The first-order chi connectivity index (χ1) is 7.74. The van der Waals surface area contributed by atoms with Gasteiger partial charge >= 0.3 is 0 Å². The van der Waals surface area contributed by atoms with Crippen LogP contribution in [-0.4, -0.2) is 26.2 Å². The van der Waals surface area contributed by atoms with E-state index in [-0.39, 0.29) is 0 Å². The molecule has 0 bridgehead atoms. The van der Waals surface area contributed by atoms with E-state index in [1.807, 2.05) is 12.1 Å². The molecule has 0 aliphatic carbocycles. The molecule has 0 spiro atoms. The van der Waals surface area contributed by atoms with Crippen molar-refractivity contribution in [1.82, 2.24) is 0 Å². The summed E-state index contributed by atoms with van der Waals surface area (Å²) in [7, 11) is 1.70. The fraction of sp³-hybridized carbons (Fsp3) is 0.417. The normalized spacial score (nSPS) is 10.1. The molecule has 1 aromatic rings. The van der Waals surface area contributed by atoms with Crippen LogP contribution in [0.2, 0.25) is 0 Å². The third kappa shape index (κ3) is 4.31. The Morgan fingerprint density at radius 2 is 2.00 bits per heavy atom. The molecule has 4 nitrogen and oxygen atoms in total. The quantitative estimate of drug-likeness (QED) is 0.689. The van der Waals surface area contributed by atoms with Gasteiger partial charge < -0.3 is 15.8 Å². The van der Waals surface area contributed by atoms with Crippen molar-refractivity contribution in [2.45, 2.75) is 12.8 Å². The summed E-state index contributed by atoms with van der Waals surface area (Å²) in [4.78, 5) is 10.8. The minimum absolute atomic E-state index is 0.397. The summed E-state index contributed by atoms with van der Waals surface area (Å²) in [6, 6.07) is 7.16. The smallest absolute Gasteiger partial charge is 0.248 e. The van der Waals surface area contributed by atoms with Crippen molar-refractivity contribution >= 4 is 11.6 Å². The first-order valence-electron chi connectivity index (χ1n) is 5.36. The van der Waals surface area contributed by atoms with Crippen molar-refractivity contribution in [2.24, 2.45) is 5.73 Å². The highest BCUT2D eigenvalue weighted by molar-refractivity contribution is 5.93. The third-order valence-electron chi connectivity index (χ3n) is 2.27. The summed E-state index contributed by atoms with van der Waals surface area (Å²) in [6.07, 6.45) is 2.11. The number of amides is 1. The summed E-state index contributed by atoms with van der Waals surface area (Å²) in [6.45, 7) is 1.70. The zero-order chi connectivity index (χ0) is 11.8. The highest BCUT2D eigenvalue weighted by atomic mass is 16.5. The second-order valence-corrected chi connectivity index (χ2v) is 3.57. The van der Waals surface area contributed by atoms with Gasteiger partial charge in [-0.3, -0.25) is 4.79 Å². The maximum absolute atomic E-state index is 10.8. The molecular weight excluding hydrogens is 204 g/mol. The predicted molar refractivity (Wildman–Crippen MR) is 64.6 cm³/mol. The summed E-state index contributed by atoms with van der Waals surface area (Å²) in [5.74, 6) is -0.397. The van der Waals surface area contributed by atoms with Gasteiger partial charge in [0, 0.05) is 31.5 Å². The molecule has 0 saturated heterocycles. The van der Waals surface area contributed by atoms with E-state index in [2.05, 4.69) is 5.32 Å². The van der Waals surface area contributed by atoms with E-state index >= 15 is 0 Å². The monoisotopic (exact) mass is 222 g/mol. The number of carbonyl (C=O) groups excluding carboxylic acids is 1. The van der Waals surface area contributed by atoms with Crippen molar-refractivity contribution in [1.29, 1.82) is 0 Å². The third-order valence-corrected chi connectivity index (χ3v) is 2.27. The van der Waals surface area contributed by atoms with Crippen molar-refractivity contribution in [3.63, 3.8) is 0 Å². The Bertz CT molecular complexity index is 322. The Labute approximate surface area is 95.8 Å². The summed E-state index contributed by atoms with van der Waals surface area (Å²) in [5, 5.41) is 3.26. The minimum atomic E-state index is -0.397. The average molecular weight is 222 g/mol. The standard InChI is InChI=1S/C12H18N2O2/c1-16-9-3-2-8-14-11-6-4-10(5-7-11)12(13)15/h4-7,14H,2-3,8-9H2,1H3,(H2,13,15). The van der Waals surface area contributed by atoms with Gasteiger partial charge in [0.15, 0.2) is 0 Å². The number of benzene rings is 1. The Morgan fingerprint density at radius 3 is 2.56 bits per heavy atom. The van der Waals surface area contributed by atoms with Crippen LogP contribution in [0.15, 0.2) is 24.3 Å². The highest BCUT2D eigenvalue weighted by Crippen LogP contribution is 2.09. The number of hydrogen-bond acceptors (Lipinski definition) is 3. The van der Waals surface area contributed by atoms with Crippen LogP contribution < -0.4 is 11.1 Å². The number of methoxy groups -OCH3 is 1. The van der Waals surface area contributed by atoms with Gasteiger partial charge in [0.25, 0.3) is 0 Å². The number of carbonyl (C=O) groups is 1. The fourth-order valence-corrected chi connectivity index (χ4v) is 1.36. The number of ether oxygens (including phenoxy) is 1. The first-order valence-corrected chi connectivity index (χ1v) is 5.36. The molecule has 0 heterocycles. The van der Waals surface area contributed by atoms with Crippen molar-refractivity contribution in [3.8, 4) is 0 Å². The molecule has 1 amide bonds. The SMILES string of the molecule is COCCCCNc1ccc(C(N)=O)cc1. The molecule has 0 fully saturated rings. The van der Waals surface area contributed by atoms with E-state index in [4.69, 9.17) is 10.5 Å². The van der Waals surface area contributed by atoms with Crippen LogP contribution in [0.1, 0.15) is 23.2 Å². The zero-order valence-electron chi connectivity index (χ0n) is 9.53. The molecular formula is C12H18N2O2. The lowest BCUT2D eigenvalue weighted by molar-refractivity contribution is 0.100. The number of hydrogen-bond donors (Lipinski definition) is 2. The molecule has 16 heavy (non-hydrogen) atoms. The second kappa shape index (κ2) is 6.85. The van der Waals surface area contributed by atoms with Crippen LogP contribution in [0.4, 0.5) is 5.69 Å². The van der Waals surface area contributed by atoms with E-state index in [1.165, 1.54) is 0 Å². The molecule has 0 aromatic heterocycles. The largest absolute Gasteiger partial charge is 0.385 e. The van der Waals surface area contributed by atoms with Crippen LogP contribution >= 0.6 is 0 Å². The van der Waals surface area contributed by atoms with E-state index in [0.29, 0.717) is 5.56 Å².